The lowest BCUT2D eigenvalue weighted by atomic mass is 10.1. The maximum atomic E-state index is 13.5. The third-order valence-corrected chi connectivity index (χ3v) is 4.10. The van der Waals surface area contributed by atoms with E-state index in [-0.39, 0.29) is 16.4 Å². The molecule has 0 radical (unpaired) electrons. The zero-order valence-electron chi connectivity index (χ0n) is 11.1. The Morgan fingerprint density at radius 1 is 1.15 bits per heavy atom. The molecule has 6 heteroatoms. The Bertz CT molecular complexity index is 758. The minimum atomic E-state index is -3.30. The van der Waals surface area contributed by atoms with E-state index in [9.17, 15) is 12.8 Å². The van der Waals surface area contributed by atoms with Crippen LogP contribution in [0.2, 0.25) is 0 Å². The van der Waals surface area contributed by atoms with Crippen LogP contribution in [-0.4, -0.2) is 14.7 Å². The zero-order valence-corrected chi connectivity index (χ0v) is 12.0. The normalized spacial score (nSPS) is 11.3. The van der Waals surface area contributed by atoms with E-state index < -0.39 is 9.84 Å². The molecule has 0 aliphatic rings. The fraction of sp³-hybridized carbons (Fsp3) is 0.143. The topological polar surface area (TPSA) is 72.2 Å². The van der Waals surface area contributed by atoms with E-state index in [0.29, 0.717) is 16.9 Å². The monoisotopic (exact) mass is 294 g/mol. The van der Waals surface area contributed by atoms with Crippen molar-refractivity contribution in [2.75, 3.05) is 17.3 Å². The Labute approximate surface area is 117 Å². The quantitative estimate of drug-likeness (QED) is 0.854. The first-order valence-corrected chi connectivity index (χ1v) is 7.80. The van der Waals surface area contributed by atoms with Crippen LogP contribution in [0, 0.1) is 12.7 Å². The van der Waals surface area contributed by atoms with E-state index in [1.807, 2.05) is 0 Å². The van der Waals surface area contributed by atoms with Gasteiger partial charge in [-0.2, -0.15) is 0 Å². The van der Waals surface area contributed by atoms with Crippen molar-refractivity contribution in [1.82, 2.24) is 0 Å². The van der Waals surface area contributed by atoms with E-state index in [1.165, 1.54) is 18.2 Å². The molecule has 3 N–H and O–H groups in total. The Morgan fingerprint density at radius 2 is 1.85 bits per heavy atom. The lowest BCUT2D eigenvalue weighted by Gasteiger charge is -2.13. The molecule has 0 fully saturated rings. The number of nitrogens with one attached hydrogen (secondary N) is 1. The largest absolute Gasteiger partial charge is 0.397 e. The molecule has 2 aromatic rings. The number of nitrogen functional groups attached to an aromatic ring is 1. The lowest BCUT2D eigenvalue weighted by Crippen LogP contribution is -2.02. The van der Waals surface area contributed by atoms with Gasteiger partial charge in [0.1, 0.15) is 5.82 Å². The summed E-state index contributed by atoms with van der Waals surface area (Å²) in [7, 11) is -3.30. The van der Waals surface area contributed by atoms with Gasteiger partial charge in [-0.25, -0.2) is 12.8 Å². The van der Waals surface area contributed by atoms with Crippen LogP contribution < -0.4 is 11.1 Å². The molecule has 2 aromatic carbocycles. The van der Waals surface area contributed by atoms with Crippen LogP contribution in [-0.2, 0) is 9.84 Å². The van der Waals surface area contributed by atoms with E-state index in [4.69, 9.17) is 5.73 Å². The second-order valence-electron chi connectivity index (χ2n) is 4.56. The van der Waals surface area contributed by atoms with Gasteiger partial charge in [-0.05, 0) is 37.3 Å². The summed E-state index contributed by atoms with van der Waals surface area (Å²) < 4.78 is 36.3. The molecular weight excluding hydrogens is 279 g/mol. The Morgan fingerprint density at radius 3 is 2.45 bits per heavy atom. The molecule has 20 heavy (non-hydrogen) atoms. The van der Waals surface area contributed by atoms with Gasteiger partial charge in [0, 0.05) is 17.5 Å². The van der Waals surface area contributed by atoms with Crippen LogP contribution in [0.3, 0.4) is 0 Å². The highest BCUT2D eigenvalue weighted by Gasteiger charge is 2.10. The molecule has 0 aliphatic carbocycles. The summed E-state index contributed by atoms with van der Waals surface area (Å²) in [5.74, 6) is -0.318. The van der Waals surface area contributed by atoms with E-state index >= 15 is 0 Å². The summed E-state index contributed by atoms with van der Waals surface area (Å²) in [6, 6.07) is 9.09. The molecule has 0 atom stereocenters. The summed E-state index contributed by atoms with van der Waals surface area (Å²) in [5.41, 5.74) is 7.71. The van der Waals surface area contributed by atoms with E-state index in [1.54, 1.807) is 25.1 Å². The first kappa shape index (κ1) is 14.3. The van der Waals surface area contributed by atoms with Crippen molar-refractivity contribution in [2.45, 2.75) is 11.8 Å². The maximum Gasteiger partial charge on any atom is 0.175 e. The van der Waals surface area contributed by atoms with Crippen LogP contribution in [0.25, 0.3) is 0 Å². The SMILES string of the molecule is Cc1c(F)cccc1Nc1ccc(S(C)(=O)=O)cc1N. The van der Waals surface area contributed by atoms with Gasteiger partial charge in [0.2, 0.25) is 0 Å². The van der Waals surface area contributed by atoms with E-state index in [2.05, 4.69) is 5.32 Å². The number of hydrogen-bond acceptors (Lipinski definition) is 4. The number of sulfone groups is 1. The molecule has 0 bridgehead atoms. The predicted molar refractivity (Wildman–Crippen MR) is 78.4 cm³/mol. The first-order chi connectivity index (χ1) is 9.29. The Balaban J connectivity index is 2.38. The predicted octanol–water partition coefficient (Wildman–Crippen LogP) is 2.86. The first-order valence-electron chi connectivity index (χ1n) is 5.91. The van der Waals surface area contributed by atoms with E-state index in [0.717, 1.165) is 6.26 Å². The zero-order chi connectivity index (χ0) is 14.9. The van der Waals surface area contributed by atoms with Gasteiger partial charge in [0.05, 0.1) is 16.3 Å². The summed E-state index contributed by atoms with van der Waals surface area (Å²) in [6.45, 7) is 1.65. The second kappa shape index (κ2) is 5.13. The molecule has 0 aromatic heterocycles. The lowest BCUT2D eigenvalue weighted by molar-refractivity contribution is 0.602. The molecule has 106 valence electrons. The van der Waals surface area contributed by atoms with Crippen molar-refractivity contribution >= 4 is 26.9 Å². The highest BCUT2D eigenvalue weighted by molar-refractivity contribution is 7.90. The summed E-state index contributed by atoms with van der Waals surface area (Å²) in [5, 5.41) is 3.00. The minimum Gasteiger partial charge on any atom is -0.397 e. The molecule has 0 saturated carbocycles. The number of anilines is 3. The van der Waals surface area contributed by atoms with Gasteiger partial charge in [-0.3, -0.25) is 0 Å². The third-order valence-electron chi connectivity index (χ3n) is 2.99. The number of nitrogens with two attached hydrogens (primary N) is 1. The van der Waals surface area contributed by atoms with Gasteiger partial charge < -0.3 is 11.1 Å². The second-order valence-corrected chi connectivity index (χ2v) is 6.57. The number of halogens is 1. The average molecular weight is 294 g/mol. The van der Waals surface area contributed by atoms with Gasteiger partial charge >= 0.3 is 0 Å². The minimum absolute atomic E-state index is 0.150. The fourth-order valence-corrected chi connectivity index (χ4v) is 2.43. The maximum absolute atomic E-state index is 13.5. The number of benzene rings is 2. The third kappa shape index (κ3) is 2.91. The fourth-order valence-electron chi connectivity index (χ4n) is 1.77. The summed E-state index contributed by atoms with van der Waals surface area (Å²) in [6.07, 6.45) is 1.12. The summed E-state index contributed by atoms with van der Waals surface area (Å²) >= 11 is 0. The van der Waals surface area contributed by atoms with Crippen molar-refractivity contribution in [1.29, 1.82) is 0 Å². The highest BCUT2D eigenvalue weighted by Crippen LogP contribution is 2.28. The van der Waals surface area contributed by atoms with Crippen molar-refractivity contribution < 1.29 is 12.8 Å². The molecule has 4 nitrogen and oxygen atoms in total. The van der Waals surface area contributed by atoms with Crippen LogP contribution in [0.4, 0.5) is 21.5 Å². The van der Waals surface area contributed by atoms with Crippen LogP contribution in [0.1, 0.15) is 5.56 Å². The van der Waals surface area contributed by atoms with Crippen LogP contribution in [0.5, 0.6) is 0 Å². The standard InChI is InChI=1S/C14H15FN2O2S/c1-9-11(15)4-3-5-13(9)17-14-7-6-10(8-12(14)16)20(2,18)19/h3-8,17H,16H2,1-2H3. The van der Waals surface area contributed by atoms with Crippen LogP contribution in [0.15, 0.2) is 41.3 Å². The number of hydrogen-bond donors (Lipinski definition) is 2. The molecule has 0 spiro atoms. The van der Waals surface area contributed by atoms with Gasteiger partial charge in [0.15, 0.2) is 9.84 Å². The highest BCUT2D eigenvalue weighted by atomic mass is 32.2. The average Bonchev–Trinajstić information content (AvgIpc) is 2.36. The molecular formula is C14H15FN2O2S. The Kier molecular flexibility index (Phi) is 3.67. The summed E-state index contributed by atoms with van der Waals surface area (Å²) in [4.78, 5) is 0.150. The molecule has 0 aliphatic heterocycles. The molecule has 2 rings (SSSR count). The van der Waals surface area contributed by atoms with Crippen molar-refractivity contribution in [3.05, 3.63) is 47.8 Å². The molecule has 0 saturated heterocycles. The van der Waals surface area contributed by atoms with Crippen molar-refractivity contribution in [3.63, 3.8) is 0 Å². The van der Waals surface area contributed by atoms with Gasteiger partial charge in [-0.15, -0.1) is 0 Å². The van der Waals surface area contributed by atoms with Gasteiger partial charge in [0.25, 0.3) is 0 Å². The Hall–Kier alpha value is -2.08. The number of rotatable bonds is 3. The smallest absolute Gasteiger partial charge is 0.175 e. The van der Waals surface area contributed by atoms with Crippen LogP contribution >= 0.6 is 0 Å². The molecule has 0 unspecified atom stereocenters. The van der Waals surface area contributed by atoms with Crippen molar-refractivity contribution in [3.8, 4) is 0 Å². The van der Waals surface area contributed by atoms with Gasteiger partial charge in [-0.1, -0.05) is 6.07 Å². The molecule has 0 amide bonds. The molecule has 0 heterocycles. The van der Waals surface area contributed by atoms with Crippen molar-refractivity contribution in [2.24, 2.45) is 0 Å².